The van der Waals surface area contributed by atoms with Crippen molar-refractivity contribution in [1.29, 1.82) is 0 Å². The van der Waals surface area contributed by atoms with Gasteiger partial charge in [0.15, 0.2) is 0 Å². The van der Waals surface area contributed by atoms with Gasteiger partial charge < -0.3 is 4.42 Å². The number of nitrogens with zero attached hydrogens (tertiary/aromatic N) is 2. The predicted octanol–water partition coefficient (Wildman–Crippen LogP) is 2.99. The summed E-state index contributed by atoms with van der Waals surface area (Å²) in [5.74, 6) is 1.72. The van der Waals surface area contributed by atoms with E-state index in [1.165, 1.54) is 6.92 Å². The van der Waals surface area contributed by atoms with E-state index < -0.39 is 0 Å². The van der Waals surface area contributed by atoms with Crippen molar-refractivity contribution in [3.63, 3.8) is 0 Å². The third kappa shape index (κ3) is 3.65. The van der Waals surface area contributed by atoms with Crippen molar-refractivity contribution < 1.29 is 9.21 Å². The zero-order valence-corrected chi connectivity index (χ0v) is 11.6. The zero-order valence-electron chi connectivity index (χ0n) is 11.6. The Balaban J connectivity index is 2.96. The summed E-state index contributed by atoms with van der Waals surface area (Å²) in [7, 11) is 0. The van der Waals surface area contributed by atoms with Crippen molar-refractivity contribution in [3.05, 3.63) is 11.8 Å². The summed E-state index contributed by atoms with van der Waals surface area (Å²) >= 11 is 0. The van der Waals surface area contributed by atoms with Crippen LogP contribution in [0.25, 0.3) is 0 Å². The van der Waals surface area contributed by atoms with Gasteiger partial charge in [0.2, 0.25) is 11.8 Å². The largest absolute Gasteiger partial charge is 0.424 e. The highest BCUT2D eigenvalue weighted by molar-refractivity contribution is 5.77. The Morgan fingerprint density at radius 2 is 1.88 bits per heavy atom. The predicted molar refractivity (Wildman–Crippen MR) is 65.7 cm³/mol. The van der Waals surface area contributed by atoms with Gasteiger partial charge in [-0.2, -0.15) is 0 Å². The van der Waals surface area contributed by atoms with Crippen LogP contribution in [0.1, 0.15) is 59.2 Å². The lowest BCUT2D eigenvalue weighted by atomic mass is 9.74. The van der Waals surface area contributed by atoms with Gasteiger partial charge in [-0.1, -0.05) is 34.6 Å². The van der Waals surface area contributed by atoms with E-state index in [9.17, 15) is 4.79 Å². The molecule has 1 rings (SSSR count). The van der Waals surface area contributed by atoms with Crippen LogP contribution in [-0.2, 0) is 11.2 Å². The molecule has 0 spiro atoms. The molecule has 4 heteroatoms. The maximum Gasteiger partial charge on any atom is 0.223 e. The summed E-state index contributed by atoms with van der Waals surface area (Å²) in [4.78, 5) is 11.0. The van der Waals surface area contributed by atoms with Crippen molar-refractivity contribution in [3.8, 4) is 0 Å². The van der Waals surface area contributed by atoms with Crippen LogP contribution in [0.2, 0.25) is 0 Å². The molecule has 96 valence electrons. The molecule has 0 saturated carbocycles. The van der Waals surface area contributed by atoms with Crippen molar-refractivity contribution in [2.24, 2.45) is 11.3 Å². The number of hydrogen-bond acceptors (Lipinski definition) is 4. The molecule has 4 nitrogen and oxygen atoms in total. The fourth-order valence-electron chi connectivity index (χ4n) is 2.33. The molecule has 0 aliphatic rings. The lowest BCUT2D eigenvalue weighted by Gasteiger charge is -2.30. The summed E-state index contributed by atoms with van der Waals surface area (Å²) in [6.45, 7) is 12.3. The average Bonchev–Trinajstić information content (AvgIpc) is 2.47. The molecular formula is C13H22N2O2. The van der Waals surface area contributed by atoms with Gasteiger partial charge in [-0.25, -0.2) is 0 Å². The normalized spacial score (nSPS) is 14.1. The molecule has 1 aromatic rings. The molecule has 0 fully saturated rings. The van der Waals surface area contributed by atoms with Crippen molar-refractivity contribution in [1.82, 2.24) is 10.2 Å². The minimum absolute atomic E-state index is 0.0389. The number of aromatic nitrogens is 2. The molecule has 0 aliphatic heterocycles. The molecule has 0 aliphatic carbocycles. The average molecular weight is 238 g/mol. The van der Waals surface area contributed by atoms with Gasteiger partial charge in [0.1, 0.15) is 5.78 Å². The summed E-state index contributed by atoms with van der Waals surface area (Å²) in [5.41, 5.74) is 0.0637. The topological polar surface area (TPSA) is 56.0 Å². The van der Waals surface area contributed by atoms with Gasteiger partial charge >= 0.3 is 0 Å². The number of carbonyl (C=O) groups excluding carboxylic acids is 1. The van der Waals surface area contributed by atoms with Crippen LogP contribution in [0.4, 0.5) is 0 Å². The Morgan fingerprint density at radius 3 is 2.29 bits per heavy atom. The van der Waals surface area contributed by atoms with E-state index in [1.807, 2.05) is 0 Å². The van der Waals surface area contributed by atoms with Crippen molar-refractivity contribution in [2.75, 3.05) is 0 Å². The Labute approximate surface area is 103 Å². The Kier molecular flexibility index (Phi) is 4.07. The van der Waals surface area contributed by atoms with Gasteiger partial charge in [0, 0.05) is 5.92 Å². The van der Waals surface area contributed by atoms with Crippen LogP contribution in [0, 0.1) is 11.3 Å². The van der Waals surface area contributed by atoms with Crippen LogP contribution in [0.3, 0.4) is 0 Å². The van der Waals surface area contributed by atoms with Crippen molar-refractivity contribution in [2.45, 2.75) is 53.9 Å². The van der Waals surface area contributed by atoms with E-state index in [-0.39, 0.29) is 23.5 Å². The molecule has 17 heavy (non-hydrogen) atoms. The van der Waals surface area contributed by atoms with Crippen LogP contribution >= 0.6 is 0 Å². The number of carbonyl (C=O) groups is 1. The molecule has 1 atom stereocenters. The van der Waals surface area contributed by atoms with E-state index in [0.717, 1.165) is 0 Å². The molecule has 0 N–H and O–H groups in total. The van der Waals surface area contributed by atoms with Gasteiger partial charge in [-0.15, -0.1) is 10.2 Å². The van der Waals surface area contributed by atoms with Crippen LogP contribution in [0.5, 0.6) is 0 Å². The first-order valence-electron chi connectivity index (χ1n) is 6.03. The smallest absolute Gasteiger partial charge is 0.223 e. The molecular weight excluding hydrogens is 216 g/mol. The first-order chi connectivity index (χ1) is 7.71. The Morgan fingerprint density at radius 1 is 1.29 bits per heavy atom. The van der Waals surface area contributed by atoms with Crippen LogP contribution in [0.15, 0.2) is 4.42 Å². The van der Waals surface area contributed by atoms with Crippen LogP contribution < -0.4 is 0 Å². The molecule has 1 unspecified atom stereocenters. The fourth-order valence-corrected chi connectivity index (χ4v) is 2.33. The first-order valence-corrected chi connectivity index (χ1v) is 6.03. The number of ketones is 1. The molecule has 1 heterocycles. The lowest BCUT2D eigenvalue weighted by Crippen LogP contribution is -2.23. The third-order valence-corrected chi connectivity index (χ3v) is 2.75. The summed E-state index contributed by atoms with van der Waals surface area (Å²) in [6, 6.07) is 0. The maximum atomic E-state index is 11.0. The highest BCUT2D eigenvalue weighted by Gasteiger charge is 2.33. The molecule has 0 amide bonds. The Hall–Kier alpha value is -1.19. The molecule has 0 bridgehead atoms. The van der Waals surface area contributed by atoms with E-state index in [4.69, 9.17) is 4.42 Å². The molecule has 1 aromatic heterocycles. The van der Waals surface area contributed by atoms with Crippen molar-refractivity contribution >= 4 is 5.78 Å². The quantitative estimate of drug-likeness (QED) is 0.809. The zero-order chi connectivity index (χ0) is 13.2. The molecule has 0 aromatic carbocycles. The monoisotopic (exact) mass is 238 g/mol. The number of Topliss-reactive ketones (excluding diaryl/α,β-unsaturated/α-hetero) is 1. The minimum atomic E-state index is 0.0389. The van der Waals surface area contributed by atoms with Gasteiger partial charge in [0.25, 0.3) is 0 Å². The second-order valence-electron chi connectivity index (χ2n) is 6.00. The molecule has 0 saturated heterocycles. The first kappa shape index (κ1) is 13.9. The van der Waals surface area contributed by atoms with E-state index >= 15 is 0 Å². The standard InChI is InChI=1S/C13H22N2O2/c1-8(2)11(13(4,5)6)12-15-14-10(17-12)7-9(3)16/h8,11H,7H2,1-6H3. The maximum absolute atomic E-state index is 11.0. The van der Waals surface area contributed by atoms with E-state index in [2.05, 4.69) is 44.8 Å². The second-order valence-corrected chi connectivity index (χ2v) is 6.00. The summed E-state index contributed by atoms with van der Waals surface area (Å²) in [5, 5.41) is 8.02. The van der Waals surface area contributed by atoms with Gasteiger partial charge in [0.05, 0.1) is 6.42 Å². The van der Waals surface area contributed by atoms with Crippen LogP contribution in [-0.4, -0.2) is 16.0 Å². The number of rotatable bonds is 4. The third-order valence-electron chi connectivity index (χ3n) is 2.75. The second kappa shape index (κ2) is 4.98. The number of hydrogen-bond donors (Lipinski definition) is 0. The van der Waals surface area contributed by atoms with E-state index in [1.54, 1.807) is 0 Å². The lowest BCUT2D eigenvalue weighted by molar-refractivity contribution is -0.116. The summed E-state index contributed by atoms with van der Waals surface area (Å²) < 4.78 is 5.60. The minimum Gasteiger partial charge on any atom is -0.424 e. The Bertz CT molecular complexity index is 388. The molecule has 0 radical (unpaired) electrons. The summed E-state index contributed by atoms with van der Waals surface area (Å²) in [6.07, 6.45) is 0.224. The fraction of sp³-hybridized carbons (Fsp3) is 0.769. The highest BCUT2D eigenvalue weighted by atomic mass is 16.4. The van der Waals surface area contributed by atoms with Gasteiger partial charge in [-0.05, 0) is 18.3 Å². The SMILES string of the molecule is CC(=O)Cc1nnc(C(C(C)C)C(C)(C)C)o1. The highest BCUT2D eigenvalue weighted by Crippen LogP contribution is 2.39. The van der Waals surface area contributed by atoms with Gasteiger partial charge in [-0.3, -0.25) is 4.79 Å². The van der Waals surface area contributed by atoms with E-state index in [0.29, 0.717) is 17.7 Å².